The molecule has 0 heterocycles. The van der Waals surface area contributed by atoms with Gasteiger partial charge in [0.1, 0.15) is 0 Å². The molecule has 0 saturated carbocycles. The van der Waals surface area contributed by atoms with Crippen molar-refractivity contribution in [3.63, 3.8) is 0 Å². The number of hydrogen-bond donors (Lipinski definition) is 1. The second-order valence-electron chi connectivity index (χ2n) is 5.28. The monoisotopic (exact) mass is 246 g/mol. The summed E-state index contributed by atoms with van der Waals surface area (Å²) in [5.74, 6) is 0.0396. The summed E-state index contributed by atoms with van der Waals surface area (Å²) in [5, 5.41) is 8.59. The molecule has 0 radical (unpaired) electrons. The Morgan fingerprint density at radius 1 is 1.22 bits per heavy atom. The van der Waals surface area contributed by atoms with Crippen LogP contribution in [0.1, 0.15) is 62.0 Å². The van der Waals surface area contributed by atoms with E-state index in [1.54, 1.807) is 5.56 Å². The minimum absolute atomic E-state index is 0.321. The Bertz CT molecular complexity index is 398. The first-order valence-corrected chi connectivity index (χ1v) is 7.07. The Labute approximate surface area is 109 Å². The van der Waals surface area contributed by atoms with Crippen molar-refractivity contribution in [3.8, 4) is 0 Å². The summed E-state index contributed by atoms with van der Waals surface area (Å²) < 4.78 is 0. The van der Waals surface area contributed by atoms with E-state index >= 15 is 0 Å². The van der Waals surface area contributed by atoms with Gasteiger partial charge in [0.2, 0.25) is 0 Å². The second kappa shape index (κ2) is 6.58. The van der Waals surface area contributed by atoms with E-state index in [0.717, 1.165) is 19.3 Å². The topological polar surface area (TPSA) is 37.3 Å². The summed E-state index contributed by atoms with van der Waals surface area (Å²) >= 11 is 0. The molecule has 0 aliphatic heterocycles. The highest BCUT2D eigenvalue weighted by Gasteiger charge is 2.18. The molecule has 1 aliphatic carbocycles. The molecule has 0 amide bonds. The lowest BCUT2D eigenvalue weighted by atomic mass is 9.80. The predicted octanol–water partition coefficient (Wildman–Crippen LogP) is 4.14. The van der Waals surface area contributed by atoms with Crippen LogP contribution < -0.4 is 0 Å². The van der Waals surface area contributed by atoms with Crippen molar-refractivity contribution in [1.29, 1.82) is 0 Å². The lowest BCUT2D eigenvalue weighted by molar-refractivity contribution is -0.137. The van der Waals surface area contributed by atoms with E-state index < -0.39 is 5.97 Å². The summed E-state index contributed by atoms with van der Waals surface area (Å²) in [6, 6.07) is 8.80. The molecule has 0 bridgehead atoms. The molecule has 0 spiro atoms. The van der Waals surface area contributed by atoms with Gasteiger partial charge in [-0.3, -0.25) is 4.79 Å². The molecule has 0 fully saturated rings. The maximum Gasteiger partial charge on any atom is 0.303 e. The zero-order valence-electron chi connectivity index (χ0n) is 10.9. The third kappa shape index (κ3) is 3.59. The van der Waals surface area contributed by atoms with Crippen molar-refractivity contribution >= 4 is 5.97 Å². The van der Waals surface area contributed by atoms with Crippen LogP contribution in [-0.4, -0.2) is 11.1 Å². The van der Waals surface area contributed by atoms with Crippen LogP contribution in [0.2, 0.25) is 0 Å². The molecule has 2 rings (SSSR count). The average Bonchev–Trinajstić information content (AvgIpc) is 2.38. The molecule has 18 heavy (non-hydrogen) atoms. The highest BCUT2D eigenvalue weighted by atomic mass is 16.4. The zero-order valence-corrected chi connectivity index (χ0v) is 10.9. The number of hydrogen-bond acceptors (Lipinski definition) is 1. The quantitative estimate of drug-likeness (QED) is 0.766. The third-order valence-electron chi connectivity index (χ3n) is 3.94. The predicted molar refractivity (Wildman–Crippen MR) is 72.8 cm³/mol. The number of carbonyl (C=O) groups is 1. The van der Waals surface area contributed by atoms with Crippen LogP contribution in [0.3, 0.4) is 0 Å². The van der Waals surface area contributed by atoms with Gasteiger partial charge < -0.3 is 5.11 Å². The molecule has 2 nitrogen and oxygen atoms in total. The van der Waals surface area contributed by atoms with Crippen molar-refractivity contribution < 1.29 is 9.90 Å². The fourth-order valence-electron chi connectivity index (χ4n) is 3.00. The number of carboxylic acid groups (broad SMARTS) is 1. The first-order chi connectivity index (χ1) is 8.77. The molecule has 1 aliphatic rings. The molecule has 2 heteroatoms. The highest BCUT2D eigenvalue weighted by molar-refractivity contribution is 5.66. The molecule has 0 aromatic heterocycles. The van der Waals surface area contributed by atoms with Gasteiger partial charge in [0.15, 0.2) is 0 Å². The molecular weight excluding hydrogens is 224 g/mol. The standard InChI is InChI=1S/C16H22O2/c17-16(18)12-3-1-2-7-13-9-6-10-14-8-4-5-11-15(13)14/h4-5,8,11,13H,1-3,6-7,9-10,12H2,(H,17,18). The van der Waals surface area contributed by atoms with E-state index in [0.29, 0.717) is 12.3 Å². The average molecular weight is 246 g/mol. The van der Waals surface area contributed by atoms with Gasteiger partial charge >= 0.3 is 5.97 Å². The van der Waals surface area contributed by atoms with Crippen LogP contribution >= 0.6 is 0 Å². The van der Waals surface area contributed by atoms with Gasteiger partial charge in [0.25, 0.3) is 0 Å². The Hall–Kier alpha value is -1.31. The molecule has 1 unspecified atom stereocenters. The van der Waals surface area contributed by atoms with Gasteiger partial charge in [0.05, 0.1) is 0 Å². The Morgan fingerprint density at radius 3 is 2.89 bits per heavy atom. The van der Waals surface area contributed by atoms with Crippen molar-refractivity contribution in [2.24, 2.45) is 0 Å². The molecule has 0 saturated heterocycles. The molecular formula is C16H22O2. The molecule has 1 atom stereocenters. The van der Waals surface area contributed by atoms with Crippen molar-refractivity contribution in [1.82, 2.24) is 0 Å². The van der Waals surface area contributed by atoms with Gasteiger partial charge in [-0.1, -0.05) is 37.1 Å². The Kier molecular flexibility index (Phi) is 4.80. The summed E-state index contributed by atoms with van der Waals surface area (Å²) in [4.78, 5) is 10.4. The maximum atomic E-state index is 10.4. The zero-order chi connectivity index (χ0) is 12.8. The number of fused-ring (bicyclic) bond motifs is 1. The van der Waals surface area contributed by atoms with Crippen molar-refractivity contribution in [2.45, 2.75) is 57.3 Å². The minimum Gasteiger partial charge on any atom is -0.481 e. The lowest BCUT2D eigenvalue weighted by Crippen LogP contribution is -2.09. The van der Waals surface area contributed by atoms with Gasteiger partial charge in [-0.25, -0.2) is 0 Å². The fraction of sp³-hybridized carbons (Fsp3) is 0.562. The number of rotatable bonds is 6. The molecule has 1 N–H and O–H groups in total. The second-order valence-corrected chi connectivity index (χ2v) is 5.28. The van der Waals surface area contributed by atoms with E-state index in [1.165, 1.54) is 31.2 Å². The lowest BCUT2D eigenvalue weighted by Gasteiger charge is -2.25. The number of aliphatic carboxylic acids is 1. The summed E-state index contributed by atoms with van der Waals surface area (Å²) in [5.41, 5.74) is 3.07. The van der Waals surface area contributed by atoms with Crippen LogP contribution in [0.4, 0.5) is 0 Å². The van der Waals surface area contributed by atoms with E-state index in [4.69, 9.17) is 5.11 Å². The number of aryl methyl sites for hydroxylation is 1. The fourth-order valence-corrected chi connectivity index (χ4v) is 3.00. The van der Waals surface area contributed by atoms with Gasteiger partial charge in [-0.15, -0.1) is 0 Å². The van der Waals surface area contributed by atoms with E-state index in [-0.39, 0.29) is 0 Å². The van der Waals surface area contributed by atoms with E-state index in [2.05, 4.69) is 24.3 Å². The van der Waals surface area contributed by atoms with Crippen LogP contribution in [0.25, 0.3) is 0 Å². The normalized spacial score (nSPS) is 18.3. The SMILES string of the molecule is O=C(O)CCCCCC1CCCc2ccccc21. The van der Waals surface area contributed by atoms with E-state index in [1.807, 2.05) is 0 Å². The van der Waals surface area contributed by atoms with Crippen LogP contribution in [0.5, 0.6) is 0 Å². The number of carboxylic acids is 1. The first kappa shape index (κ1) is 13.1. The smallest absolute Gasteiger partial charge is 0.303 e. The van der Waals surface area contributed by atoms with Crippen molar-refractivity contribution in [2.75, 3.05) is 0 Å². The summed E-state index contributed by atoms with van der Waals surface area (Å²) in [6.07, 6.45) is 8.40. The highest BCUT2D eigenvalue weighted by Crippen LogP contribution is 2.34. The molecule has 1 aromatic carbocycles. The molecule has 98 valence electrons. The largest absolute Gasteiger partial charge is 0.481 e. The van der Waals surface area contributed by atoms with Crippen LogP contribution in [-0.2, 0) is 11.2 Å². The number of unbranched alkanes of at least 4 members (excludes halogenated alkanes) is 2. The number of benzene rings is 1. The van der Waals surface area contributed by atoms with Crippen molar-refractivity contribution in [3.05, 3.63) is 35.4 Å². The van der Waals surface area contributed by atoms with Crippen LogP contribution in [0.15, 0.2) is 24.3 Å². The summed E-state index contributed by atoms with van der Waals surface area (Å²) in [6.45, 7) is 0. The van der Waals surface area contributed by atoms with Gasteiger partial charge in [0, 0.05) is 6.42 Å². The van der Waals surface area contributed by atoms with Gasteiger partial charge in [-0.2, -0.15) is 0 Å². The summed E-state index contributed by atoms with van der Waals surface area (Å²) in [7, 11) is 0. The molecule has 1 aromatic rings. The minimum atomic E-state index is -0.669. The van der Waals surface area contributed by atoms with E-state index in [9.17, 15) is 4.79 Å². The van der Waals surface area contributed by atoms with Crippen LogP contribution in [0, 0.1) is 0 Å². The van der Waals surface area contributed by atoms with Gasteiger partial charge in [-0.05, 0) is 49.1 Å². The maximum absolute atomic E-state index is 10.4. The first-order valence-electron chi connectivity index (χ1n) is 7.07. The Balaban J connectivity index is 1.79. The Morgan fingerprint density at radius 2 is 2.06 bits per heavy atom. The third-order valence-corrected chi connectivity index (χ3v) is 3.94.